The number of anilines is 1. The van der Waals surface area contributed by atoms with Gasteiger partial charge in [0.2, 0.25) is 0 Å². The number of nitrogens with zero attached hydrogens (tertiary/aromatic N) is 1. The average Bonchev–Trinajstić information content (AvgIpc) is 2.45. The Bertz CT molecular complexity index is 528. The molecule has 1 N–H and O–H groups in total. The summed E-state index contributed by atoms with van der Waals surface area (Å²) in [6, 6.07) is 16.4. The molecule has 0 saturated heterocycles. The summed E-state index contributed by atoms with van der Waals surface area (Å²) in [7, 11) is 2.08. The van der Waals surface area contributed by atoms with Gasteiger partial charge in [0, 0.05) is 18.1 Å². The molecule has 0 amide bonds. The van der Waals surface area contributed by atoms with E-state index in [1.165, 1.54) is 5.56 Å². The molecular weight excluding hydrogens is 302 g/mol. The lowest BCUT2D eigenvalue weighted by molar-refractivity contribution is 0.282. The summed E-state index contributed by atoms with van der Waals surface area (Å²) in [5.41, 5.74) is 3.41. The first-order chi connectivity index (χ1) is 9.20. The van der Waals surface area contributed by atoms with Crippen LogP contribution in [0.25, 0.3) is 0 Å². The highest BCUT2D eigenvalue weighted by Gasteiger charge is 2.06. The van der Waals surface area contributed by atoms with Crippen molar-refractivity contribution in [2.45, 2.75) is 13.0 Å². The normalized spacial score (nSPS) is 10.5. The summed E-state index contributed by atoms with van der Waals surface area (Å²) in [5, 5.41) is 9.11. The smallest absolute Gasteiger partial charge is 0.0682 e. The van der Waals surface area contributed by atoms with Crippen molar-refractivity contribution in [3.05, 3.63) is 64.1 Å². The van der Waals surface area contributed by atoms with Gasteiger partial charge in [-0.25, -0.2) is 0 Å². The third kappa shape index (κ3) is 3.82. The first-order valence-electron chi connectivity index (χ1n) is 6.35. The van der Waals surface area contributed by atoms with E-state index in [1.54, 1.807) is 0 Å². The summed E-state index contributed by atoms with van der Waals surface area (Å²) in [6.45, 7) is 1.04. The van der Waals surface area contributed by atoms with E-state index in [-0.39, 0.29) is 6.61 Å². The Kier molecular flexibility index (Phi) is 5.00. The Morgan fingerprint density at radius 3 is 2.42 bits per heavy atom. The maximum absolute atomic E-state index is 9.11. The van der Waals surface area contributed by atoms with Crippen molar-refractivity contribution in [3.63, 3.8) is 0 Å². The second-order valence-corrected chi connectivity index (χ2v) is 5.46. The number of hydrogen-bond acceptors (Lipinski definition) is 2. The Hall–Kier alpha value is -1.32. The van der Waals surface area contributed by atoms with Crippen LogP contribution in [0.2, 0.25) is 0 Å². The van der Waals surface area contributed by atoms with Crippen LogP contribution in [0.5, 0.6) is 0 Å². The van der Waals surface area contributed by atoms with Gasteiger partial charge in [0.1, 0.15) is 0 Å². The summed E-state index contributed by atoms with van der Waals surface area (Å²) < 4.78 is 1.02. The molecule has 2 aromatic rings. The molecule has 0 aliphatic carbocycles. The highest BCUT2D eigenvalue weighted by atomic mass is 79.9. The quantitative estimate of drug-likeness (QED) is 0.909. The number of hydrogen-bond donors (Lipinski definition) is 1. The van der Waals surface area contributed by atoms with Crippen LogP contribution in [0, 0.1) is 0 Å². The second kappa shape index (κ2) is 6.73. The molecular formula is C16H18BrNO. The van der Waals surface area contributed by atoms with Gasteiger partial charge in [-0.1, -0.05) is 36.4 Å². The molecule has 0 atom stereocenters. The van der Waals surface area contributed by atoms with Crippen molar-refractivity contribution < 1.29 is 5.11 Å². The average molecular weight is 320 g/mol. The Morgan fingerprint density at radius 1 is 1.05 bits per heavy atom. The number of halogens is 1. The third-order valence-corrected chi connectivity index (χ3v) is 3.82. The van der Waals surface area contributed by atoms with E-state index in [1.807, 2.05) is 24.3 Å². The first-order valence-corrected chi connectivity index (χ1v) is 7.14. The molecule has 0 heterocycles. The van der Waals surface area contributed by atoms with Gasteiger partial charge < -0.3 is 10.0 Å². The maximum atomic E-state index is 9.11. The maximum Gasteiger partial charge on any atom is 0.0682 e. The van der Waals surface area contributed by atoms with Crippen LogP contribution in [-0.2, 0) is 13.0 Å². The Labute approximate surface area is 122 Å². The third-order valence-electron chi connectivity index (χ3n) is 3.18. The fraction of sp³-hybridized carbons (Fsp3) is 0.250. The van der Waals surface area contributed by atoms with Gasteiger partial charge >= 0.3 is 0 Å². The molecule has 0 aliphatic heterocycles. The van der Waals surface area contributed by atoms with Crippen molar-refractivity contribution in [3.8, 4) is 0 Å². The summed E-state index contributed by atoms with van der Waals surface area (Å²) in [4.78, 5) is 2.22. The molecule has 3 heteroatoms. The van der Waals surface area contributed by atoms with Gasteiger partial charge in [-0.15, -0.1) is 0 Å². The van der Waals surface area contributed by atoms with E-state index in [0.29, 0.717) is 0 Å². The number of likely N-dealkylation sites (N-methyl/N-ethyl adjacent to an activating group) is 1. The molecule has 0 unspecified atom stereocenters. The zero-order valence-electron chi connectivity index (χ0n) is 11.0. The van der Waals surface area contributed by atoms with Crippen LogP contribution in [0.1, 0.15) is 11.1 Å². The van der Waals surface area contributed by atoms with Crippen molar-refractivity contribution >= 4 is 21.6 Å². The lowest BCUT2D eigenvalue weighted by Crippen LogP contribution is -2.20. The van der Waals surface area contributed by atoms with E-state index in [9.17, 15) is 0 Å². The lowest BCUT2D eigenvalue weighted by atomic mass is 10.1. The molecule has 0 saturated carbocycles. The minimum Gasteiger partial charge on any atom is -0.392 e. The standard InChI is InChI=1S/C16H18BrNO/c1-18(10-9-13-5-3-2-4-6-13)16-8-7-14(12-19)11-15(16)17/h2-8,11,19H,9-10,12H2,1H3. The fourth-order valence-corrected chi connectivity index (χ4v) is 2.75. The monoisotopic (exact) mass is 319 g/mol. The zero-order chi connectivity index (χ0) is 13.7. The topological polar surface area (TPSA) is 23.5 Å². The summed E-state index contributed by atoms with van der Waals surface area (Å²) in [6.07, 6.45) is 1.02. The van der Waals surface area contributed by atoms with Crippen molar-refractivity contribution in [1.29, 1.82) is 0 Å². The van der Waals surface area contributed by atoms with Crippen molar-refractivity contribution in [2.75, 3.05) is 18.5 Å². The fourth-order valence-electron chi connectivity index (χ4n) is 2.02. The Balaban J connectivity index is 2.02. The van der Waals surface area contributed by atoms with Gasteiger partial charge in [0.15, 0.2) is 0 Å². The molecule has 0 aromatic heterocycles. The van der Waals surface area contributed by atoms with Crippen molar-refractivity contribution in [2.24, 2.45) is 0 Å². The molecule has 0 bridgehead atoms. The molecule has 0 spiro atoms. The lowest BCUT2D eigenvalue weighted by Gasteiger charge is -2.21. The van der Waals surface area contributed by atoms with E-state index >= 15 is 0 Å². The van der Waals surface area contributed by atoms with Crippen LogP contribution in [-0.4, -0.2) is 18.7 Å². The van der Waals surface area contributed by atoms with Gasteiger partial charge in [-0.2, -0.15) is 0 Å². The van der Waals surface area contributed by atoms with Crippen LogP contribution in [0.4, 0.5) is 5.69 Å². The first kappa shape index (κ1) is 14.1. The number of rotatable bonds is 5. The highest BCUT2D eigenvalue weighted by Crippen LogP contribution is 2.26. The van der Waals surface area contributed by atoms with Crippen LogP contribution in [0.3, 0.4) is 0 Å². The summed E-state index contributed by atoms with van der Waals surface area (Å²) >= 11 is 3.56. The van der Waals surface area contributed by atoms with Crippen LogP contribution < -0.4 is 4.90 Å². The number of aliphatic hydroxyl groups excluding tert-OH is 1. The highest BCUT2D eigenvalue weighted by molar-refractivity contribution is 9.10. The minimum atomic E-state index is 0.0760. The molecule has 0 radical (unpaired) electrons. The van der Waals surface area contributed by atoms with E-state index < -0.39 is 0 Å². The molecule has 0 aliphatic rings. The largest absolute Gasteiger partial charge is 0.392 e. The number of aliphatic hydroxyl groups is 1. The van der Waals surface area contributed by atoms with Crippen molar-refractivity contribution in [1.82, 2.24) is 0 Å². The van der Waals surface area contributed by atoms with E-state index in [0.717, 1.165) is 28.7 Å². The predicted molar refractivity (Wildman–Crippen MR) is 83.5 cm³/mol. The minimum absolute atomic E-state index is 0.0760. The Morgan fingerprint density at radius 2 is 1.79 bits per heavy atom. The SMILES string of the molecule is CN(CCc1ccccc1)c1ccc(CO)cc1Br. The van der Waals surface area contributed by atoms with E-state index in [2.05, 4.69) is 52.1 Å². The van der Waals surface area contributed by atoms with Crippen LogP contribution >= 0.6 is 15.9 Å². The van der Waals surface area contributed by atoms with Gasteiger partial charge in [0.05, 0.1) is 12.3 Å². The van der Waals surface area contributed by atoms with Gasteiger partial charge in [-0.3, -0.25) is 0 Å². The van der Waals surface area contributed by atoms with Gasteiger partial charge in [-0.05, 0) is 45.6 Å². The number of benzene rings is 2. The molecule has 100 valence electrons. The van der Waals surface area contributed by atoms with E-state index in [4.69, 9.17) is 5.11 Å². The predicted octanol–water partition coefficient (Wildman–Crippen LogP) is 3.62. The molecule has 2 aromatic carbocycles. The molecule has 0 fully saturated rings. The summed E-state index contributed by atoms with van der Waals surface area (Å²) in [5.74, 6) is 0. The van der Waals surface area contributed by atoms with Crippen LogP contribution in [0.15, 0.2) is 53.0 Å². The zero-order valence-corrected chi connectivity index (χ0v) is 12.6. The molecule has 2 nitrogen and oxygen atoms in total. The molecule has 19 heavy (non-hydrogen) atoms. The van der Waals surface area contributed by atoms with Gasteiger partial charge in [0.25, 0.3) is 0 Å². The second-order valence-electron chi connectivity index (χ2n) is 4.60. The molecule has 2 rings (SSSR count).